The summed E-state index contributed by atoms with van der Waals surface area (Å²) >= 11 is 0. The molecule has 0 spiro atoms. The number of aliphatic hydroxyl groups excluding tert-OH is 2. The van der Waals surface area contributed by atoms with E-state index in [9.17, 15) is 5.11 Å². The first-order valence-electron chi connectivity index (χ1n) is 4.04. The molecule has 3 atom stereocenters. The lowest BCUT2D eigenvalue weighted by molar-refractivity contribution is -0.123. The van der Waals surface area contributed by atoms with Gasteiger partial charge in [0.25, 0.3) is 0 Å². The first kappa shape index (κ1) is 12.8. The predicted octanol–water partition coefficient (Wildman–Crippen LogP) is -0.984. The lowest BCUT2D eigenvalue weighted by Gasteiger charge is -2.26. The van der Waals surface area contributed by atoms with Gasteiger partial charge in [0.1, 0.15) is 18.3 Å². The van der Waals surface area contributed by atoms with Crippen LogP contribution in [0.15, 0.2) is 0 Å². The average Bonchev–Trinajstić information content (AvgIpc) is 2.14. The summed E-state index contributed by atoms with van der Waals surface area (Å²) in [7, 11) is 4.38. The van der Waals surface area contributed by atoms with E-state index in [1.165, 1.54) is 21.3 Å². The molecule has 0 aliphatic carbocycles. The summed E-state index contributed by atoms with van der Waals surface area (Å²) in [6.07, 6.45) is -1.91. The van der Waals surface area contributed by atoms with Crippen LogP contribution in [0.2, 0.25) is 0 Å². The van der Waals surface area contributed by atoms with Crippen LogP contribution >= 0.6 is 0 Å². The molecule has 0 heterocycles. The second kappa shape index (κ2) is 7.23. The fourth-order valence-corrected chi connectivity index (χ4v) is 1.13. The van der Waals surface area contributed by atoms with Gasteiger partial charge in [-0.3, -0.25) is 0 Å². The minimum Gasteiger partial charge on any atom is -0.394 e. The standard InChI is InChI=1S/C8H18O5/c1-11-5-6(10)8(13-3)7(4-9)12-2/h6-10H,4-5H2,1-3H3/t6-,7-,8-/m1/s1. The number of hydrogen-bond donors (Lipinski definition) is 2. The molecule has 0 aromatic heterocycles. The molecular formula is C8H18O5. The molecule has 0 aliphatic rings. The molecule has 0 rings (SSSR count). The molecule has 0 saturated carbocycles. The molecule has 0 saturated heterocycles. The summed E-state index contributed by atoms with van der Waals surface area (Å²) in [5, 5.41) is 18.4. The molecule has 0 bridgehead atoms. The monoisotopic (exact) mass is 194 g/mol. The third-order valence-electron chi connectivity index (χ3n) is 1.84. The Kier molecular flexibility index (Phi) is 7.12. The van der Waals surface area contributed by atoms with Gasteiger partial charge >= 0.3 is 0 Å². The highest BCUT2D eigenvalue weighted by atomic mass is 16.5. The van der Waals surface area contributed by atoms with Crippen molar-refractivity contribution in [1.82, 2.24) is 0 Å². The van der Waals surface area contributed by atoms with Crippen LogP contribution < -0.4 is 0 Å². The fourth-order valence-electron chi connectivity index (χ4n) is 1.13. The van der Waals surface area contributed by atoms with E-state index in [1.54, 1.807) is 0 Å². The zero-order valence-electron chi connectivity index (χ0n) is 8.27. The highest BCUT2D eigenvalue weighted by molar-refractivity contribution is 4.77. The van der Waals surface area contributed by atoms with Crippen molar-refractivity contribution in [1.29, 1.82) is 0 Å². The van der Waals surface area contributed by atoms with E-state index in [-0.39, 0.29) is 13.2 Å². The second-order valence-corrected chi connectivity index (χ2v) is 2.68. The smallest absolute Gasteiger partial charge is 0.114 e. The lowest BCUT2D eigenvalue weighted by Crippen LogP contribution is -2.44. The lowest BCUT2D eigenvalue weighted by atomic mass is 10.1. The van der Waals surface area contributed by atoms with Crippen molar-refractivity contribution in [2.75, 3.05) is 34.5 Å². The summed E-state index contributed by atoms with van der Waals surface area (Å²) in [4.78, 5) is 0. The number of aliphatic hydroxyl groups is 2. The van der Waals surface area contributed by atoms with Crippen LogP contribution in [0.3, 0.4) is 0 Å². The highest BCUT2D eigenvalue weighted by Gasteiger charge is 2.27. The molecule has 2 N–H and O–H groups in total. The van der Waals surface area contributed by atoms with Crippen molar-refractivity contribution in [3.05, 3.63) is 0 Å². The normalized spacial score (nSPS) is 18.2. The number of rotatable bonds is 7. The van der Waals surface area contributed by atoms with Crippen molar-refractivity contribution in [2.24, 2.45) is 0 Å². The Hall–Kier alpha value is -0.200. The molecule has 13 heavy (non-hydrogen) atoms. The molecule has 5 nitrogen and oxygen atoms in total. The van der Waals surface area contributed by atoms with Crippen LogP contribution in [-0.2, 0) is 14.2 Å². The molecule has 0 fully saturated rings. The van der Waals surface area contributed by atoms with Gasteiger partial charge in [0.05, 0.1) is 13.2 Å². The first-order valence-corrected chi connectivity index (χ1v) is 4.04. The van der Waals surface area contributed by atoms with E-state index in [4.69, 9.17) is 19.3 Å². The van der Waals surface area contributed by atoms with E-state index in [0.29, 0.717) is 0 Å². The van der Waals surface area contributed by atoms with E-state index in [2.05, 4.69) is 0 Å². The SMILES string of the molecule is COC[C@@H](O)[C@@H](OC)[C@@H](CO)OC. The van der Waals surface area contributed by atoms with Crippen LogP contribution in [0.4, 0.5) is 0 Å². The minimum atomic E-state index is -0.799. The van der Waals surface area contributed by atoms with Gasteiger partial charge in [0, 0.05) is 21.3 Å². The Morgan fingerprint density at radius 3 is 2.08 bits per heavy atom. The van der Waals surface area contributed by atoms with E-state index in [0.717, 1.165) is 0 Å². The Labute approximate surface area is 78.2 Å². The molecule has 0 aliphatic heterocycles. The zero-order valence-corrected chi connectivity index (χ0v) is 8.27. The summed E-state index contributed by atoms with van der Waals surface area (Å²) in [6, 6.07) is 0. The van der Waals surface area contributed by atoms with Gasteiger partial charge in [-0.05, 0) is 0 Å². The van der Waals surface area contributed by atoms with E-state index in [1.807, 2.05) is 0 Å². The molecule has 0 amide bonds. The van der Waals surface area contributed by atoms with Gasteiger partial charge < -0.3 is 24.4 Å². The first-order chi connectivity index (χ1) is 6.21. The molecule has 80 valence electrons. The predicted molar refractivity (Wildman–Crippen MR) is 46.6 cm³/mol. The molecule has 0 radical (unpaired) electrons. The van der Waals surface area contributed by atoms with Gasteiger partial charge in [-0.15, -0.1) is 0 Å². The quantitative estimate of drug-likeness (QED) is 0.545. The molecule has 0 aromatic rings. The van der Waals surface area contributed by atoms with E-state index < -0.39 is 18.3 Å². The Morgan fingerprint density at radius 2 is 1.77 bits per heavy atom. The van der Waals surface area contributed by atoms with Gasteiger partial charge in [-0.25, -0.2) is 0 Å². The van der Waals surface area contributed by atoms with Crippen LogP contribution in [0, 0.1) is 0 Å². The van der Waals surface area contributed by atoms with Crippen LogP contribution in [0.5, 0.6) is 0 Å². The molecule has 0 aromatic carbocycles. The van der Waals surface area contributed by atoms with Crippen molar-refractivity contribution in [3.8, 4) is 0 Å². The fraction of sp³-hybridized carbons (Fsp3) is 1.00. The van der Waals surface area contributed by atoms with Gasteiger partial charge in [0.15, 0.2) is 0 Å². The van der Waals surface area contributed by atoms with Gasteiger partial charge in [-0.1, -0.05) is 0 Å². The highest BCUT2D eigenvalue weighted by Crippen LogP contribution is 2.07. The average molecular weight is 194 g/mol. The van der Waals surface area contributed by atoms with Crippen LogP contribution in [0.1, 0.15) is 0 Å². The van der Waals surface area contributed by atoms with E-state index >= 15 is 0 Å². The second-order valence-electron chi connectivity index (χ2n) is 2.68. The van der Waals surface area contributed by atoms with Crippen molar-refractivity contribution < 1.29 is 24.4 Å². The van der Waals surface area contributed by atoms with Crippen molar-refractivity contribution in [2.45, 2.75) is 18.3 Å². The molecular weight excluding hydrogens is 176 g/mol. The summed E-state index contributed by atoms with van der Waals surface area (Å²) in [5.41, 5.74) is 0. The number of hydrogen-bond acceptors (Lipinski definition) is 5. The van der Waals surface area contributed by atoms with Crippen LogP contribution in [-0.4, -0.2) is 63.1 Å². The third kappa shape index (κ3) is 4.02. The minimum absolute atomic E-state index is 0.151. The zero-order chi connectivity index (χ0) is 10.3. The van der Waals surface area contributed by atoms with Crippen molar-refractivity contribution >= 4 is 0 Å². The summed E-state index contributed by atoms with van der Waals surface area (Å²) in [5.74, 6) is 0. The largest absolute Gasteiger partial charge is 0.394 e. The third-order valence-corrected chi connectivity index (χ3v) is 1.84. The van der Waals surface area contributed by atoms with Gasteiger partial charge in [0.2, 0.25) is 0 Å². The maximum Gasteiger partial charge on any atom is 0.114 e. The van der Waals surface area contributed by atoms with Gasteiger partial charge in [-0.2, -0.15) is 0 Å². The topological polar surface area (TPSA) is 68.2 Å². The Balaban J connectivity index is 4.11. The maximum atomic E-state index is 9.50. The Morgan fingerprint density at radius 1 is 1.15 bits per heavy atom. The maximum absolute atomic E-state index is 9.50. The summed E-state index contributed by atoms with van der Waals surface area (Å²) < 4.78 is 14.7. The molecule has 0 unspecified atom stereocenters. The number of ether oxygens (including phenoxy) is 3. The Bertz CT molecular complexity index is 115. The molecule has 5 heteroatoms. The van der Waals surface area contributed by atoms with Crippen molar-refractivity contribution in [3.63, 3.8) is 0 Å². The van der Waals surface area contributed by atoms with Crippen LogP contribution in [0.25, 0.3) is 0 Å². The summed E-state index contributed by atoms with van der Waals surface area (Å²) in [6.45, 7) is -0.0475. The number of methoxy groups -OCH3 is 3.